The normalized spacial score (nSPS) is 17.9. The van der Waals surface area contributed by atoms with Gasteiger partial charge in [0.05, 0.1) is 12.6 Å². The summed E-state index contributed by atoms with van der Waals surface area (Å²) in [4.78, 5) is 11.0. The number of piperidine rings is 1. The fourth-order valence-electron chi connectivity index (χ4n) is 3.02. The highest BCUT2D eigenvalue weighted by atomic mass is 32.1. The van der Waals surface area contributed by atoms with Crippen molar-refractivity contribution in [3.63, 3.8) is 0 Å². The van der Waals surface area contributed by atoms with E-state index >= 15 is 0 Å². The molecule has 6 heteroatoms. The Morgan fingerprint density at radius 1 is 1.29 bits per heavy atom. The van der Waals surface area contributed by atoms with Crippen LogP contribution in [0.15, 0.2) is 22.5 Å². The lowest BCUT2D eigenvalue weighted by atomic mass is 10.1. The van der Waals surface area contributed by atoms with E-state index in [1.54, 1.807) is 11.3 Å². The van der Waals surface area contributed by atoms with Crippen molar-refractivity contribution in [3.05, 3.63) is 22.4 Å². The maximum atomic E-state index is 4.81. The zero-order valence-electron chi connectivity index (χ0n) is 15.4. The first-order valence-corrected chi connectivity index (χ1v) is 10.0. The van der Waals surface area contributed by atoms with E-state index in [1.165, 1.54) is 37.2 Å². The summed E-state index contributed by atoms with van der Waals surface area (Å²) in [5, 5.41) is 8.99. The molecule has 0 amide bonds. The fraction of sp³-hybridized carbons (Fsp3) is 0.722. The highest BCUT2D eigenvalue weighted by Gasteiger charge is 2.15. The predicted molar refractivity (Wildman–Crippen MR) is 105 cm³/mol. The zero-order valence-corrected chi connectivity index (χ0v) is 16.2. The molecule has 136 valence electrons. The van der Waals surface area contributed by atoms with Crippen molar-refractivity contribution < 1.29 is 0 Å². The number of thiophene rings is 1. The summed E-state index contributed by atoms with van der Waals surface area (Å²) in [6.07, 6.45) is 4.08. The molecule has 24 heavy (non-hydrogen) atoms. The van der Waals surface area contributed by atoms with Gasteiger partial charge in [-0.05, 0) is 58.4 Å². The molecule has 0 aliphatic carbocycles. The highest BCUT2D eigenvalue weighted by molar-refractivity contribution is 7.10. The second-order valence-corrected chi connectivity index (χ2v) is 7.52. The Hall–Kier alpha value is -1.11. The summed E-state index contributed by atoms with van der Waals surface area (Å²) in [6.45, 7) is 8.33. The van der Waals surface area contributed by atoms with Crippen molar-refractivity contribution in [2.45, 2.75) is 32.2 Å². The van der Waals surface area contributed by atoms with Gasteiger partial charge in [0.25, 0.3) is 0 Å². The summed E-state index contributed by atoms with van der Waals surface area (Å²) in [5.74, 6) is 0.929. The second-order valence-electron chi connectivity index (χ2n) is 6.54. The maximum absolute atomic E-state index is 4.81. The van der Waals surface area contributed by atoms with Crippen LogP contribution < -0.4 is 10.6 Å². The molecule has 1 atom stereocenters. The largest absolute Gasteiger partial charge is 0.357 e. The molecule has 0 bridgehead atoms. The van der Waals surface area contributed by atoms with Crippen molar-refractivity contribution >= 4 is 17.3 Å². The summed E-state index contributed by atoms with van der Waals surface area (Å²) >= 11 is 1.80. The van der Waals surface area contributed by atoms with Crippen LogP contribution in [0, 0.1) is 0 Å². The summed E-state index contributed by atoms with van der Waals surface area (Å²) < 4.78 is 0. The number of nitrogens with one attached hydrogen (secondary N) is 2. The number of rotatable bonds is 8. The molecule has 1 fully saturated rings. The molecule has 0 aromatic carbocycles. The van der Waals surface area contributed by atoms with E-state index in [4.69, 9.17) is 4.99 Å². The number of likely N-dealkylation sites (tertiary alicyclic amines) is 1. The number of hydrogen-bond donors (Lipinski definition) is 2. The second kappa shape index (κ2) is 10.7. The first-order chi connectivity index (χ1) is 11.7. The molecule has 0 saturated carbocycles. The average Bonchev–Trinajstić information content (AvgIpc) is 3.10. The number of likely N-dealkylation sites (N-methyl/N-ethyl adjacent to an activating group) is 1. The monoisotopic (exact) mass is 351 g/mol. The van der Waals surface area contributed by atoms with Gasteiger partial charge in [-0.2, -0.15) is 0 Å². The molecule has 1 saturated heterocycles. The van der Waals surface area contributed by atoms with Crippen molar-refractivity contribution in [1.29, 1.82) is 0 Å². The highest BCUT2D eigenvalue weighted by Crippen LogP contribution is 2.23. The molecule has 2 N–H and O–H groups in total. The molecule has 0 radical (unpaired) electrons. The molecule has 1 aromatic heterocycles. The SMILES string of the molecule is CCNC(=NCC(c1cccs1)N(C)C)NCCN1CCCCC1. The lowest BCUT2D eigenvalue weighted by molar-refractivity contribution is 0.232. The van der Waals surface area contributed by atoms with E-state index in [0.717, 1.165) is 32.1 Å². The van der Waals surface area contributed by atoms with Gasteiger partial charge in [0, 0.05) is 24.5 Å². The van der Waals surface area contributed by atoms with E-state index in [9.17, 15) is 0 Å². The number of guanidine groups is 1. The summed E-state index contributed by atoms with van der Waals surface area (Å²) in [5.41, 5.74) is 0. The van der Waals surface area contributed by atoms with Gasteiger partial charge in [-0.15, -0.1) is 11.3 Å². The van der Waals surface area contributed by atoms with Crippen LogP contribution in [-0.4, -0.2) is 69.1 Å². The molecular weight excluding hydrogens is 318 g/mol. The third kappa shape index (κ3) is 6.42. The van der Waals surface area contributed by atoms with Gasteiger partial charge in [0.2, 0.25) is 0 Å². The third-order valence-corrected chi connectivity index (χ3v) is 5.40. The van der Waals surface area contributed by atoms with Crippen LogP contribution in [0.4, 0.5) is 0 Å². The Balaban J connectivity index is 1.84. The van der Waals surface area contributed by atoms with Gasteiger partial charge in [-0.3, -0.25) is 4.99 Å². The van der Waals surface area contributed by atoms with Crippen LogP contribution >= 0.6 is 11.3 Å². The van der Waals surface area contributed by atoms with E-state index < -0.39 is 0 Å². The lowest BCUT2D eigenvalue weighted by Crippen LogP contribution is -2.43. The Kier molecular flexibility index (Phi) is 8.56. The van der Waals surface area contributed by atoms with Crippen LogP contribution in [0.5, 0.6) is 0 Å². The molecule has 1 aromatic rings. The summed E-state index contributed by atoms with van der Waals surface area (Å²) in [7, 11) is 4.24. The standard InChI is InChI=1S/C18H33N5S/c1-4-19-18(20-10-13-23-11-6-5-7-12-23)21-15-16(22(2)3)17-9-8-14-24-17/h8-9,14,16H,4-7,10-13,15H2,1-3H3,(H2,19,20,21). The van der Waals surface area contributed by atoms with Gasteiger partial charge in [-0.25, -0.2) is 0 Å². The van der Waals surface area contributed by atoms with Crippen LogP contribution in [0.25, 0.3) is 0 Å². The molecule has 1 aliphatic rings. The van der Waals surface area contributed by atoms with Crippen LogP contribution in [0.3, 0.4) is 0 Å². The minimum Gasteiger partial charge on any atom is -0.357 e. The first-order valence-electron chi connectivity index (χ1n) is 9.15. The average molecular weight is 352 g/mol. The van der Waals surface area contributed by atoms with Crippen molar-refractivity contribution in [2.24, 2.45) is 4.99 Å². The minimum absolute atomic E-state index is 0.336. The molecule has 1 unspecified atom stereocenters. The molecule has 0 spiro atoms. The first kappa shape index (κ1) is 19.2. The van der Waals surface area contributed by atoms with Gasteiger partial charge < -0.3 is 20.4 Å². The molecule has 2 heterocycles. The zero-order chi connectivity index (χ0) is 17.2. The molecular formula is C18H33N5S. The topological polar surface area (TPSA) is 42.9 Å². The Morgan fingerprint density at radius 2 is 2.08 bits per heavy atom. The number of aliphatic imine (C=N–C) groups is 1. The molecule has 5 nitrogen and oxygen atoms in total. The van der Waals surface area contributed by atoms with Crippen LogP contribution in [0.2, 0.25) is 0 Å². The van der Waals surface area contributed by atoms with Crippen molar-refractivity contribution in [1.82, 2.24) is 20.4 Å². The quantitative estimate of drug-likeness (QED) is 0.557. The fourth-order valence-corrected chi connectivity index (χ4v) is 3.94. The van der Waals surface area contributed by atoms with Crippen LogP contribution in [0.1, 0.15) is 37.1 Å². The van der Waals surface area contributed by atoms with Gasteiger partial charge >= 0.3 is 0 Å². The Morgan fingerprint density at radius 3 is 2.71 bits per heavy atom. The van der Waals surface area contributed by atoms with Crippen molar-refractivity contribution in [3.8, 4) is 0 Å². The Labute approximate surface area is 151 Å². The Bertz CT molecular complexity index is 466. The smallest absolute Gasteiger partial charge is 0.191 e. The maximum Gasteiger partial charge on any atom is 0.191 e. The molecule has 2 rings (SSSR count). The third-order valence-electron chi connectivity index (χ3n) is 4.43. The van der Waals surface area contributed by atoms with Gasteiger partial charge in [-0.1, -0.05) is 12.5 Å². The summed E-state index contributed by atoms with van der Waals surface area (Å²) in [6, 6.07) is 4.65. The van der Waals surface area contributed by atoms with Gasteiger partial charge in [0.15, 0.2) is 5.96 Å². The van der Waals surface area contributed by atoms with E-state index in [2.05, 4.69) is 59.0 Å². The minimum atomic E-state index is 0.336. The van der Waals surface area contributed by atoms with E-state index in [0.29, 0.717) is 6.04 Å². The lowest BCUT2D eigenvalue weighted by Gasteiger charge is -2.26. The molecule has 1 aliphatic heterocycles. The van der Waals surface area contributed by atoms with Crippen LogP contribution in [-0.2, 0) is 0 Å². The predicted octanol–water partition coefficient (Wildman–Crippen LogP) is 2.39. The van der Waals surface area contributed by atoms with Gasteiger partial charge in [0.1, 0.15) is 0 Å². The number of hydrogen-bond acceptors (Lipinski definition) is 4. The van der Waals surface area contributed by atoms with E-state index in [1.807, 2.05) is 0 Å². The number of nitrogens with zero attached hydrogens (tertiary/aromatic N) is 3. The van der Waals surface area contributed by atoms with Crippen molar-refractivity contribution in [2.75, 3.05) is 53.4 Å². The van der Waals surface area contributed by atoms with E-state index in [-0.39, 0.29) is 0 Å².